The first kappa shape index (κ1) is 11.0. The van der Waals surface area contributed by atoms with Crippen LogP contribution in [0.15, 0.2) is 59.5 Å². The number of hydrogen-bond acceptors (Lipinski definition) is 3. The van der Waals surface area contributed by atoms with Gasteiger partial charge in [-0.3, -0.25) is 4.98 Å². The highest BCUT2D eigenvalue weighted by atomic mass is 16.3. The van der Waals surface area contributed by atoms with Gasteiger partial charge in [0.15, 0.2) is 0 Å². The van der Waals surface area contributed by atoms with E-state index in [0.717, 1.165) is 22.0 Å². The molecule has 0 spiro atoms. The van der Waals surface area contributed by atoms with Crippen molar-refractivity contribution in [3.63, 3.8) is 0 Å². The molecule has 0 saturated carbocycles. The Kier molecular flexibility index (Phi) is 2.82. The lowest BCUT2D eigenvalue weighted by Gasteiger charge is -2.10. The zero-order valence-electron chi connectivity index (χ0n) is 9.78. The minimum atomic E-state index is -0.547. The molecule has 2 aromatic heterocycles. The van der Waals surface area contributed by atoms with E-state index in [9.17, 15) is 5.11 Å². The van der Waals surface area contributed by atoms with Crippen LogP contribution in [0.4, 0.5) is 0 Å². The molecule has 0 fully saturated rings. The van der Waals surface area contributed by atoms with E-state index >= 15 is 0 Å². The van der Waals surface area contributed by atoms with Crippen LogP contribution in [0, 0.1) is 0 Å². The summed E-state index contributed by atoms with van der Waals surface area (Å²) >= 11 is 0. The van der Waals surface area contributed by atoms with Gasteiger partial charge in [0.25, 0.3) is 0 Å². The van der Waals surface area contributed by atoms with Crippen LogP contribution in [0.3, 0.4) is 0 Å². The molecule has 3 heteroatoms. The van der Waals surface area contributed by atoms with Crippen molar-refractivity contribution in [1.29, 1.82) is 0 Å². The second-order valence-corrected chi connectivity index (χ2v) is 4.26. The number of hydrogen-bond donors (Lipinski definition) is 1. The lowest BCUT2D eigenvalue weighted by molar-refractivity contribution is 0.178. The maximum atomic E-state index is 10.1. The average Bonchev–Trinajstić information content (AvgIpc) is 2.93. The predicted molar refractivity (Wildman–Crippen MR) is 69.1 cm³/mol. The monoisotopic (exact) mass is 239 g/mol. The molecule has 0 amide bonds. The summed E-state index contributed by atoms with van der Waals surface area (Å²) in [5, 5.41) is 11.2. The molecule has 0 saturated heterocycles. The van der Waals surface area contributed by atoms with Crippen molar-refractivity contribution in [3.8, 4) is 0 Å². The van der Waals surface area contributed by atoms with E-state index in [1.807, 2.05) is 30.3 Å². The molecule has 0 aliphatic rings. The van der Waals surface area contributed by atoms with Crippen molar-refractivity contribution in [1.82, 2.24) is 4.98 Å². The summed E-state index contributed by atoms with van der Waals surface area (Å²) < 4.78 is 4.99. The quantitative estimate of drug-likeness (QED) is 0.763. The summed E-state index contributed by atoms with van der Waals surface area (Å²) in [7, 11) is 0. The van der Waals surface area contributed by atoms with Gasteiger partial charge in [0.05, 0.1) is 24.1 Å². The molecule has 1 N–H and O–H groups in total. The SMILES string of the molecule is OC(Cc1ccnc2ccccc12)c1ccoc1. The topological polar surface area (TPSA) is 46.3 Å². The molecular formula is C15H13NO2. The van der Waals surface area contributed by atoms with Crippen molar-refractivity contribution < 1.29 is 9.52 Å². The molecular weight excluding hydrogens is 226 g/mol. The van der Waals surface area contributed by atoms with E-state index in [4.69, 9.17) is 4.42 Å². The average molecular weight is 239 g/mol. The van der Waals surface area contributed by atoms with Gasteiger partial charge in [0.1, 0.15) is 0 Å². The van der Waals surface area contributed by atoms with Crippen LogP contribution >= 0.6 is 0 Å². The van der Waals surface area contributed by atoms with Gasteiger partial charge in [-0.25, -0.2) is 0 Å². The van der Waals surface area contributed by atoms with E-state index < -0.39 is 6.10 Å². The van der Waals surface area contributed by atoms with E-state index in [0.29, 0.717) is 6.42 Å². The fraction of sp³-hybridized carbons (Fsp3) is 0.133. The van der Waals surface area contributed by atoms with Gasteiger partial charge in [-0.05, 0) is 23.8 Å². The van der Waals surface area contributed by atoms with Gasteiger partial charge in [-0.1, -0.05) is 18.2 Å². The van der Waals surface area contributed by atoms with Gasteiger partial charge in [0.2, 0.25) is 0 Å². The summed E-state index contributed by atoms with van der Waals surface area (Å²) in [5.74, 6) is 0. The number of pyridine rings is 1. The van der Waals surface area contributed by atoms with Crippen LogP contribution in [-0.2, 0) is 6.42 Å². The van der Waals surface area contributed by atoms with Gasteiger partial charge < -0.3 is 9.52 Å². The fourth-order valence-electron chi connectivity index (χ4n) is 2.12. The number of rotatable bonds is 3. The summed E-state index contributed by atoms with van der Waals surface area (Å²) in [4.78, 5) is 4.31. The maximum absolute atomic E-state index is 10.1. The molecule has 1 aromatic carbocycles. The van der Waals surface area contributed by atoms with Crippen molar-refractivity contribution in [2.75, 3.05) is 0 Å². The van der Waals surface area contributed by atoms with Gasteiger partial charge in [0, 0.05) is 23.6 Å². The lowest BCUT2D eigenvalue weighted by atomic mass is 10.0. The molecule has 0 aliphatic carbocycles. The number of aromatic nitrogens is 1. The van der Waals surface area contributed by atoms with E-state index in [-0.39, 0.29) is 0 Å². The van der Waals surface area contributed by atoms with Crippen molar-refractivity contribution in [2.45, 2.75) is 12.5 Å². The number of furan rings is 1. The Morgan fingerprint density at radius 2 is 2.06 bits per heavy atom. The van der Waals surface area contributed by atoms with Gasteiger partial charge >= 0.3 is 0 Å². The lowest BCUT2D eigenvalue weighted by Crippen LogP contribution is -2.01. The molecule has 90 valence electrons. The minimum Gasteiger partial charge on any atom is -0.472 e. The number of fused-ring (bicyclic) bond motifs is 1. The van der Waals surface area contributed by atoms with Crippen molar-refractivity contribution in [2.24, 2.45) is 0 Å². The van der Waals surface area contributed by atoms with E-state index in [1.165, 1.54) is 0 Å². The largest absolute Gasteiger partial charge is 0.472 e. The number of aliphatic hydroxyl groups is 1. The molecule has 1 unspecified atom stereocenters. The number of nitrogens with zero attached hydrogens (tertiary/aromatic N) is 1. The Morgan fingerprint density at radius 1 is 1.17 bits per heavy atom. The smallest absolute Gasteiger partial charge is 0.0960 e. The molecule has 0 bridgehead atoms. The third-order valence-corrected chi connectivity index (χ3v) is 3.08. The Balaban J connectivity index is 1.95. The highest BCUT2D eigenvalue weighted by molar-refractivity contribution is 5.81. The maximum Gasteiger partial charge on any atom is 0.0960 e. The number of aliphatic hydroxyl groups excluding tert-OH is 1. The molecule has 18 heavy (non-hydrogen) atoms. The van der Waals surface area contributed by atoms with Crippen LogP contribution in [0.1, 0.15) is 17.2 Å². The first-order chi connectivity index (χ1) is 8.84. The van der Waals surface area contributed by atoms with Crippen LogP contribution in [0.5, 0.6) is 0 Å². The first-order valence-electron chi connectivity index (χ1n) is 5.87. The third kappa shape index (κ3) is 2.00. The Hall–Kier alpha value is -2.13. The van der Waals surface area contributed by atoms with Crippen LogP contribution in [0.2, 0.25) is 0 Å². The zero-order chi connectivity index (χ0) is 12.4. The summed E-state index contributed by atoms with van der Waals surface area (Å²) in [6.07, 6.45) is 4.94. The summed E-state index contributed by atoms with van der Waals surface area (Å²) in [6.45, 7) is 0. The normalized spacial score (nSPS) is 12.7. The number of para-hydroxylation sites is 1. The summed E-state index contributed by atoms with van der Waals surface area (Å²) in [5.41, 5.74) is 2.85. The van der Waals surface area contributed by atoms with E-state index in [1.54, 1.807) is 24.8 Å². The molecule has 3 rings (SSSR count). The zero-order valence-corrected chi connectivity index (χ0v) is 9.78. The molecule has 0 aliphatic heterocycles. The van der Waals surface area contributed by atoms with E-state index in [2.05, 4.69) is 4.98 Å². The van der Waals surface area contributed by atoms with Crippen molar-refractivity contribution in [3.05, 3.63) is 66.2 Å². The predicted octanol–water partition coefficient (Wildman–Crippen LogP) is 3.10. The highest BCUT2D eigenvalue weighted by Crippen LogP contribution is 2.23. The molecule has 3 aromatic rings. The van der Waals surface area contributed by atoms with Gasteiger partial charge in [-0.2, -0.15) is 0 Å². The second-order valence-electron chi connectivity index (χ2n) is 4.26. The minimum absolute atomic E-state index is 0.547. The van der Waals surface area contributed by atoms with Gasteiger partial charge in [-0.15, -0.1) is 0 Å². The van der Waals surface area contributed by atoms with Crippen LogP contribution in [-0.4, -0.2) is 10.1 Å². The Labute approximate surface area is 105 Å². The second kappa shape index (κ2) is 4.63. The molecule has 0 radical (unpaired) electrons. The Morgan fingerprint density at radius 3 is 2.89 bits per heavy atom. The van der Waals surface area contributed by atoms with Crippen molar-refractivity contribution >= 4 is 10.9 Å². The Bertz CT molecular complexity index is 641. The summed E-state index contributed by atoms with van der Waals surface area (Å²) in [6, 6.07) is 11.7. The highest BCUT2D eigenvalue weighted by Gasteiger charge is 2.11. The molecule has 2 heterocycles. The molecule has 1 atom stereocenters. The first-order valence-corrected chi connectivity index (χ1v) is 5.87. The molecule has 3 nitrogen and oxygen atoms in total. The fourth-order valence-corrected chi connectivity index (χ4v) is 2.12. The van der Waals surface area contributed by atoms with Crippen LogP contribution < -0.4 is 0 Å². The number of benzene rings is 1. The standard InChI is InChI=1S/C15H13NO2/c17-15(12-6-8-18-10-12)9-11-5-7-16-14-4-2-1-3-13(11)14/h1-8,10,15,17H,9H2. The van der Waals surface area contributed by atoms with Crippen LogP contribution in [0.25, 0.3) is 10.9 Å². The third-order valence-electron chi connectivity index (χ3n) is 3.08.